The first-order valence-corrected chi connectivity index (χ1v) is 4.81. The zero-order valence-electron chi connectivity index (χ0n) is 8.63. The predicted molar refractivity (Wildman–Crippen MR) is 51.1 cm³/mol. The van der Waals surface area contributed by atoms with Crippen molar-refractivity contribution < 1.29 is 14.0 Å². The van der Waals surface area contributed by atoms with E-state index in [2.05, 4.69) is 0 Å². The van der Waals surface area contributed by atoms with Gasteiger partial charge in [-0.05, 0) is 40.6 Å². The van der Waals surface area contributed by atoms with E-state index in [-0.39, 0.29) is 0 Å². The third kappa shape index (κ3) is 3.56. The topological polar surface area (TPSA) is 27.7 Å². The summed E-state index contributed by atoms with van der Waals surface area (Å²) in [5, 5.41) is 0. The first-order chi connectivity index (χ1) is 5.74. The van der Waals surface area contributed by atoms with E-state index >= 15 is 0 Å². The number of rotatable bonds is 7. The molecule has 3 nitrogen and oxygen atoms in total. The standard InChI is InChI=1S/C8H20BO3/c1-5-9(10-6-2,11-7-3)12-8-4/h5-8H2,1-4H3/q-1. The number of hydrogen-bond donors (Lipinski definition) is 0. The Balaban J connectivity index is 4.06. The Morgan fingerprint density at radius 1 is 0.750 bits per heavy atom. The van der Waals surface area contributed by atoms with E-state index in [1.807, 2.05) is 27.7 Å². The molecule has 0 aliphatic rings. The van der Waals surface area contributed by atoms with Crippen molar-refractivity contribution >= 4 is 6.75 Å². The summed E-state index contributed by atoms with van der Waals surface area (Å²) in [5.74, 6) is 0. The Morgan fingerprint density at radius 3 is 1.25 bits per heavy atom. The van der Waals surface area contributed by atoms with Crippen molar-refractivity contribution in [1.82, 2.24) is 0 Å². The van der Waals surface area contributed by atoms with Crippen LogP contribution in [0.25, 0.3) is 0 Å². The van der Waals surface area contributed by atoms with Gasteiger partial charge in [0.1, 0.15) is 0 Å². The molecular weight excluding hydrogens is 155 g/mol. The summed E-state index contributed by atoms with van der Waals surface area (Å²) in [5.41, 5.74) is 0. The maximum absolute atomic E-state index is 5.48. The second-order valence-corrected chi connectivity index (χ2v) is 2.56. The molecule has 12 heavy (non-hydrogen) atoms. The van der Waals surface area contributed by atoms with Crippen LogP contribution in [-0.4, -0.2) is 26.6 Å². The van der Waals surface area contributed by atoms with Crippen LogP contribution in [0.2, 0.25) is 6.32 Å². The normalized spacial score (nSPS) is 12.0. The van der Waals surface area contributed by atoms with Gasteiger partial charge >= 0.3 is 6.75 Å². The molecule has 0 saturated heterocycles. The summed E-state index contributed by atoms with van der Waals surface area (Å²) in [6, 6.07) is 0. The number of hydrogen-bond acceptors (Lipinski definition) is 3. The largest absolute Gasteiger partial charge is 0.545 e. The Hall–Kier alpha value is -0.0551. The molecule has 74 valence electrons. The fourth-order valence-corrected chi connectivity index (χ4v) is 1.26. The molecule has 0 heterocycles. The molecule has 0 N–H and O–H groups in total. The summed E-state index contributed by atoms with van der Waals surface area (Å²) in [6.45, 7) is 8.29. The van der Waals surface area contributed by atoms with Gasteiger partial charge in [-0.3, -0.25) is 0 Å². The van der Waals surface area contributed by atoms with E-state index in [4.69, 9.17) is 14.0 Å². The van der Waals surface area contributed by atoms with Crippen molar-refractivity contribution in [3.8, 4) is 0 Å². The van der Waals surface area contributed by atoms with Crippen molar-refractivity contribution in [1.29, 1.82) is 0 Å². The quantitative estimate of drug-likeness (QED) is 0.554. The zero-order chi connectivity index (χ0) is 9.45. The van der Waals surface area contributed by atoms with Crippen molar-refractivity contribution in [2.24, 2.45) is 0 Å². The van der Waals surface area contributed by atoms with E-state index in [1.165, 1.54) is 0 Å². The van der Waals surface area contributed by atoms with Crippen LogP contribution >= 0.6 is 0 Å². The van der Waals surface area contributed by atoms with Gasteiger partial charge in [-0.2, -0.15) is 0 Å². The molecule has 0 amide bonds. The van der Waals surface area contributed by atoms with Crippen LogP contribution in [0, 0.1) is 0 Å². The fraction of sp³-hybridized carbons (Fsp3) is 1.00. The first kappa shape index (κ1) is 11.9. The maximum Gasteiger partial charge on any atom is 0.378 e. The van der Waals surface area contributed by atoms with Gasteiger partial charge in [-0.15, -0.1) is 6.32 Å². The summed E-state index contributed by atoms with van der Waals surface area (Å²) in [7, 11) is 0. The third-order valence-corrected chi connectivity index (χ3v) is 1.76. The van der Waals surface area contributed by atoms with Crippen LogP contribution in [-0.2, 0) is 14.0 Å². The molecule has 4 heteroatoms. The van der Waals surface area contributed by atoms with Gasteiger partial charge in [-0.1, -0.05) is 6.92 Å². The molecule has 0 fully saturated rings. The lowest BCUT2D eigenvalue weighted by molar-refractivity contribution is 0.0725. The van der Waals surface area contributed by atoms with Gasteiger partial charge < -0.3 is 14.0 Å². The van der Waals surface area contributed by atoms with Crippen LogP contribution in [0.15, 0.2) is 0 Å². The Kier molecular flexibility index (Phi) is 6.43. The molecular formula is C8H20BO3-. The monoisotopic (exact) mass is 175 g/mol. The van der Waals surface area contributed by atoms with Gasteiger partial charge in [0.2, 0.25) is 0 Å². The molecule has 0 radical (unpaired) electrons. The van der Waals surface area contributed by atoms with E-state index < -0.39 is 6.75 Å². The highest BCUT2D eigenvalue weighted by Crippen LogP contribution is 2.14. The van der Waals surface area contributed by atoms with Crippen LogP contribution < -0.4 is 0 Å². The van der Waals surface area contributed by atoms with E-state index in [0.29, 0.717) is 19.8 Å². The van der Waals surface area contributed by atoms with E-state index in [9.17, 15) is 0 Å². The van der Waals surface area contributed by atoms with Gasteiger partial charge in [-0.25, -0.2) is 0 Å². The van der Waals surface area contributed by atoms with Gasteiger partial charge in [0.25, 0.3) is 0 Å². The minimum atomic E-state index is -1.47. The lowest BCUT2D eigenvalue weighted by atomic mass is 9.74. The average molecular weight is 175 g/mol. The molecule has 0 rings (SSSR count). The van der Waals surface area contributed by atoms with Crippen molar-refractivity contribution in [2.75, 3.05) is 19.8 Å². The molecule has 0 atom stereocenters. The van der Waals surface area contributed by atoms with Gasteiger partial charge in [0.15, 0.2) is 0 Å². The van der Waals surface area contributed by atoms with Gasteiger partial charge in [0, 0.05) is 0 Å². The van der Waals surface area contributed by atoms with Crippen LogP contribution in [0.1, 0.15) is 27.7 Å². The highest BCUT2D eigenvalue weighted by atomic mass is 16.7. The average Bonchev–Trinajstić information content (AvgIpc) is 2.06. The smallest absolute Gasteiger partial charge is 0.378 e. The van der Waals surface area contributed by atoms with Crippen LogP contribution in [0.5, 0.6) is 0 Å². The highest BCUT2D eigenvalue weighted by Gasteiger charge is 2.25. The summed E-state index contributed by atoms with van der Waals surface area (Å²) >= 11 is 0. The second-order valence-electron chi connectivity index (χ2n) is 2.56. The Labute approximate surface area is 75.4 Å². The summed E-state index contributed by atoms with van der Waals surface area (Å²) in [4.78, 5) is 0. The Morgan fingerprint density at radius 2 is 1.08 bits per heavy atom. The highest BCUT2D eigenvalue weighted by molar-refractivity contribution is 6.60. The Bertz CT molecular complexity index is 91.5. The van der Waals surface area contributed by atoms with Crippen LogP contribution in [0.3, 0.4) is 0 Å². The minimum Gasteiger partial charge on any atom is -0.545 e. The molecule has 0 unspecified atom stereocenters. The maximum atomic E-state index is 5.48. The summed E-state index contributed by atoms with van der Waals surface area (Å²) in [6.07, 6.45) is 0.773. The lowest BCUT2D eigenvalue weighted by Gasteiger charge is -2.39. The molecule has 0 spiro atoms. The molecule has 0 aliphatic carbocycles. The molecule has 0 aromatic heterocycles. The SMILES string of the molecule is CCO[B-](CC)(OCC)OCC. The van der Waals surface area contributed by atoms with E-state index in [0.717, 1.165) is 6.32 Å². The van der Waals surface area contributed by atoms with Crippen LogP contribution in [0.4, 0.5) is 0 Å². The fourth-order valence-electron chi connectivity index (χ4n) is 1.26. The van der Waals surface area contributed by atoms with Crippen molar-refractivity contribution in [3.63, 3.8) is 0 Å². The minimum absolute atomic E-state index is 0.633. The summed E-state index contributed by atoms with van der Waals surface area (Å²) < 4.78 is 16.4. The van der Waals surface area contributed by atoms with Gasteiger partial charge in [0.05, 0.1) is 0 Å². The second kappa shape index (κ2) is 6.46. The molecule has 0 aliphatic heterocycles. The van der Waals surface area contributed by atoms with Crippen molar-refractivity contribution in [3.05, 3.63) is 0 Å². The first-order valence-electron chi connectivity index (χ1n) is 4.81. The van der Waals surface area contributed by atoms with E-state index in [1.54, 1.807) is 0 Å². The molecule has 0 aromatic rings. The molecule has 0 aromatic carbocycles. The van der Waals surface area contributed by atoms with Crippen molar-refractivity contribution in [2.45, 2.75) is 34.0 Å². The predicted octanol–water partition coefficient (Wildman–Crippen LogP) is 2.05. The molecule has 0 bridgehead atoms. The molecule has 0 saturated carbocycles. The lowest BCUT2D eigenvalue weighted by Crippen LogP contribution is -2.45. The zero-order valence-corrected chi connectivity index (χ0v) is 8.63. The third-order valence-electron chi connectivity index (χ3n) is 1.76.